The van der Waals surface area contributed by atoms with Gasteiger partial charge in [-0.2, -0.15) is 0 Å². The van der Waals surface area contributed by atoms with Crippen LogP contribution in [-0.2, 0) is 9.59 Å². The van der Waals surface area contributed by atoms with E-state index >= 15 is 0 Å². The fraction of sp³-hybridized carbons (Fsp3) is 0.846. The minimum Gasteiger partial charge on any atom is -0.481 e. The Hall–Kier alpha value is -1.10. The predicted molar refractivity (Wildman–Crippen MR) is 71.4 cm³/mol. The average molecular weight is 258 g/mol. The van der Waals surface area contributed by atoms with E-state index in [1.165, 1.54) is 0 Å². The zero-order valence-electron chi connectivity index (χ0n) is 11.7. The van der Waals surface area contributed by atoms with Gasteiger partial charge in [-0.3, -0.25) is 9.59 Å². The smallest absolute Gasteiger partial charge is 0.303 e. The van der Waals surface area contributed by atoms with E-state index in [4.69, 9.17) is 5.11 Å². The zero-order chi connectivity index (χ0) is 14.0. The van der Waals surface area contributed by atoms with E-state index in [1.54, 1.807) is 7.05 Å². The normalized spacial score (nSPS) is 11.3. The van der Waals surface area contributed by atoms with Gasteiger partial charge >= 0.3 is 5.97 Å². The molecule has 0 saturated heterocycles. The van der Waals surface area contributed by atoms with Crippen LogP contribution in [0.4, 0.5) is 0 Å². The molecule has 106 valence electrons. The van der Waals surface area contributed by atoms with Gasteiger partial charge in [0.2, 0.25) is 5.91 Å². The van der Waals surface area contributed by atoms with Crippen LogP contribution in [0.25, 0.3) is 0 Å². The molecule has 0 unspecified atom stereocenters. The molecule has 0 rings (SSSR count). The Morgan fingerprint density at radius 2 is 1.78 bits per heavy atom. The first kappa shape index (κ1) is 16.9. The van der Waals surface area contributed by atoms with Crippen LogP contribution in [0.5, 0.6) is 0 Å². The summed E-state index contributed by atoms with van der Waals surface area (Å²) in [6.07, 6.45) is 3.24. The fourth-order valence-electron chi connectivity index (χ4n) is 1.62. The second-order valence-corrected chi connectivity index (χ2v) is 5.33. The lowest BCUT2D eigenvalue weighted by atomic mass is 9.84. The summed E-state index contributed by atoms with van der Waals surface area (Å²) in [7, 11) is 1.64. The van der Waals surface area contributed by atoms with E-state index in [9.17, 15) is 9.59 Å². The maximum Gasteiger partial charge on any atom is 0.303 e. The van der Waals surface area contributed by atoms with Crippen LogP contribution >= 0.6 is 0 Å². The summed E-state index contributed by atoms with van der Waals surface area (Å²) in [6.45, 7) is 5.85. The summed E-state index contributed by atoms with van der Waals surface area (Å²) in [6, 6.07) is 0. The summed E-state index contributed by atoms with van der Waals surface area (Å²) in [5.74, 6) is -0.666. The zero-order valence-corrected chi connectivity index (χ0v) is 11.7. The number of carbonyl (C=O) groups is 2. The molecule has 18 heavy (non-hydrogen) atoms. The third-order valence-electron chi connectivity index (χ3n) is 3.03. The lowest BCUT2D eigenvalue weighted by molar-refractivity contribution is -0.137. The Morgan fingerprint density at radius 1 is 1.11 bits per heavy atom. The number of nitrogens with one attached hydrogen (secondary N) is 2. The standard InChI is InChI=1S/C13H26N2O3/c1-13(2,7-6-12(17)18)8-10-15-9-4-5-11(16)14-3/h15H,4-10H2,1-3H3,(H,14,16)(H,17,18). The molecule has 5 nitrogen and oxygen atoms in total. The molecule has 0 bridgehead atoms. The Labute approximate surface area is 109 Å². The van der Waals surface area contributed by atoms with E-state index in [0.29, 0.717) is 12.8 Å². The molecule has 0 fully saturated rings. The first-order valence-corrected chi connectivity index (χ1v) is 6.50. The summed E-state index contributed by atoms with van der Waals surface area (Å²) in [4.78, 5) is 21.5. The van der Waals surface area contributed by atoms with Gasteiger partial charge in [0.15, 0.2) is 0 Å². The molecule has 5 heteroatoms. The van der Waals surface area contributed by atoms with Gasteiger partial charge in [-0.1, -0.05) is 13.8 Å². The Balaban J connectivity index is 3.52. The number of carbonyl (C=O) groups excluding carboxylic acids is 1. The second kappa shape index (κ2) is 8.91. The van der Waals surface area contributed by atoms with Crippen LogP contribution in [0.3, 0.4) is 0 Å². The molecule has 0 radical (unpaired) electrons. The third-order valence-corrected chi connectivity index (χ3v) is 3.03. The number of rotatable bonds is 10. The van der Waals surface area contributed by atoms with Crippen LogP contribution in [0, 0.1) is 5.41 Å². The highest BCUT2D eigenvalue weighted by Crippen LogP contribution is 2.25. The van der Waals surface area contributed by atoms with Crippen molar-refractivity contribution in [1.82, 2.24) is 10.6 Å². The lowest BCUT2D eigenvalue weighted by Gasteiger charge is -2.23. The van der Waals surface area contributed by atoms with Crippen molar-refractivity contribution >= 4 is 11.9 Å². The number of aliphatic carboxylic acids is 1. The Morgan fingerprint density at radius 3 is 2.33 bits per heavy atom. The van der Waals surface area contributed by atoms with Gasteiger partial charge in [-0.05, 0) is 37.8 Å². The highest BCUT2D eigenvalue weighted by molar-refractivity contribution is 5.75. The van der Waals surface area contributed by atoms with Gasteiger partial charge in [0.05, 0.1) is 0 Å². The van der Waals surface area contributed by atoms with Gasteiger partial charge < -0.3 is 15.7 Å². The van der Waals surface area contributed by atoms with E-state index < -0.39 is 5.97 Å². The van der Waals surface area contributed by atoms with Crippen LogP contribution in [0.15, 0.2) is 0 Å². The Bertz CT molecular complexity index is 265. The molecule has 0 heterocycles. The molecule has 0 spiro atoms. The second-order valence-electron chi connectivity index (χ2n) is 5.33. The summed E-state index contributed by atoms with van der Waals surface area (Å²) in [5, 5.41) is 14.5. The van der Waals surface area contributed by atoms with Crippen molar-refractivity contribution in [3.63, 3.8) is 0 Å². The predicted octanol–water partition coefficient (Wildman–Crippen LogP) is 1.38. The monoisotopic (exact) mass is 258 g/mol. The Kier molecular flexibility index (Phi) is 8.37. The topological polar surface area (TPSA) is 78.4 Å². The molecule has 1 amide bonds. The van der Waals surface area contributed by atoms with Gasteiger partial charge in [0.25, 0.3) is 0 Å². The summed E-state index contributed by atoms with van der Waals surface area (Å²) < 4.78 is 0. The fourth-order valence-corrected chi connectivity index (χ4v) is 1.62. The van der Waals surface area contributed by atoms with Crippen LogP contribution in [0.2, 0.25) is 0 Å². The van der Waals surface area contributed by atoms with Crippen molar-refractivity contribution in [1.29, 1.82) is 0 Å². The van der Waals surface area contributed by atoms with Gasteiger partial charge in [0, 0.05) is 19.9 Å². The van der Waals surface area contributed by atoms with E-state index in [-0.39, 0.29) is 17.7 Å². The summed E-state index contributed by atoms with van der Waals surface area (Å²) >= 11 is 0. The third kappa shape index (κ3) is 10.1. The molecule has 0 aromatic heterocycles. The van der Waals surface area contributed by atoms with Gasteiger partial charge in [-0.15, -0.1) is 0 Å². The highest BCUT2D eigenvalue weighted by atomic mass is 16.4. The van der Waals surface area contributed by atoms with Crippen molar-refractivity contribution in [3.05, 3.63) is 0 Å². The van der Waals surface area contributed by atoms with Crippen LogP contribution in [-0.4, -0.2) is 37.1 Å². The van der Waals surface area contributed by atoms with Crippen molar-refractivity contribution < 1.29 is 14.7 Å². The number of carboxylic acid groups (broad SMARTS) is 1. The summed E-state index contributed by atoms with van der Waals surface area (Å²) in [5.41, 5.74) is 0.0478. The molecule has 0 aliphatic heterocycles. The molecule has 0 aliphatic carbocycles. The maximum absolute atomic E-state index is 11.0. The molecule has 0 aromatic carbocycles. The number of hydrogen-bond acceptors (Lipinski definition) is 3. The van der Waals surface area contributed by atoms with Crippen LogP contribution < -0.4 is 10.6 Å². The first-order valence-electron chi connectivity index (χ1n) is 6.50. The van der Waals surface area contributed by atoms with Gasteiger partial charge in [-0.25, -0.2) is 0 Å². The van der Waals surface area contributed by atoms with Crippen molar-refractivity contribution in [2.45, 2.75) is 46.0 Å². The van der Waals surface area contributed by atoms with Crippen molar-refractivity contribution in [3.8, 4) is 0 Å². The van der Waals surface area contributed by atoms with Crippen molar-refractivity contribution in [2.75, 3.05) is 20.1 Å². The SMILES string of the molecule is CNC(=O)CCCNCCC(C)(C)CCC(=O)O. The van der Waals surface area contributed by atoms with Gasteiger partial charge in [0.1, 0.15) is 0 Å². The largest absolute Gasteiger partial charge is 0.481 e. The number of carboxylic acids is 1. The number of hydrogen-bond donors (Lipinski definition) is 3. The van der Waals surface area contributed by atoms with E-state index in [2.05, 4.69) is 24.5 Å². The van der Waals surface area contributed by atoms with Crippen LogP contribution in [0.1, 0.15) is 46.0 Å². The minimum atomic E-state index is -0.735. The molecule has 3 N–H and O–H groups in total. The molecular formula is C13H26N2O3. The van der Waals surface area contributed by atoms with E-state index in [0.717, 1.165) is 25.9 Å². The molecule has 0 atom stereocenters. The van der Waals surface area contributed by atoms with Crippen molar-refractivity contribution in [2.24, 2.45) is 5.41 Å². The molecular weight excluding hydrogens is 232 g/mol. The molecule has 0 saturated carbocycles. The quantitative estimate of drug-likeness (QED) is 0.517. The average Bonchev–Trinajstić information content (AvgIpc) is 2.30. The first-order chi connectivity index (χ1) is 8.37. The maximum atomic E-state index is 11.0. The number of amides is 1. The lowest BCUT2D eigenvalue weighted by Crippen LogP contribution is -2.25. The molecule has 0 aromatic rings. The molecule has 0 aliphatic rings. The highest BCUT2D eigenvalue weighted by Gasteiger charge is 2.18. The van der Waals surface area contributed by atoms with E-state index in [1.807, 2.05) is 0 Å². The minimum absolute atomic E-state index is 0.0478.